The molecule has 1 N–H and O–H groups in total. The lowest BCUT2D eigenvalue weighted by Crippen LogP contribution is -2.58. The number of hydrogen-bond donors (Lipinski definition) is 1. The van der Waals surface area contributed by atoms with Gasteiger partial charge in [-0.3, -0.25) is 4.79 Å². The molecule has 3 aliphatic heterocycles. The van der Waals surface area contributed by atoms with Crippen molar-refractivity contribution in [3.63, 3.8) is 0 Å². The number of hydrogen-bond acceptors (Lipinski definition) is 3. The highest BCUT2D eigenvalue weighted by Gasteiger charge is 2.48. The molecule has 1 saturated carbocycles. The predicted octanol–water partition coefficient (Wildman–Crippen LogP) is 1.01. The molecule has 2 bridgehead atoms. The molecule has 3 heterocycles. The minimum atomic E-state index is 0.00400. The number of carbonyl (C=O) groups excluding carboxylic acids is 1. The number of ether oxygens (including phenoxy) is 1. The summed E-state index contributed by atoms with van der Waals surface area (Å²) in [6.07, 6.45) is 5.52. The van der Waals surface area contributed by atoms with Crippen LogP contribution in [-0.2, 0) is 9.53 Å². The number of nitrogens with zero attached hydrogens (tertiary/aromatic N) is 1. The van der Waals surface area contributed by atoms with Gasteiger partial charge in [0.25, 0.3) is 0 Å². The van der Waals surface area contributed by atoms with E-state index in [1.165, 1.54) is 6.42 Å². The number of rotatable bonds is 3. The maximum Gasteiger partial charge on any atom is 0.223 e. The van der Waals surface area contributed by atoms with Gasteiger partial charge in [0.2, 0.25) is 5.91 Å². The van der Waals surface area contributed by atoms with Crippen molar-refractivity contribution >= 4 is 5.91 Å². The zero-order valence-corrected chi connectivity index (χ0v) is 11.3. The van der Waals surface area contributed by atoms with Gasteiger partial charge in [0, 0.05) is 19.1 Å². The van der Waals surface area contributed by atoms with Crippen molar-refractivity contribution in [3.05, 3.63) is 0 Å². The number of amides is 1. The Morgan fingerprint density at radius 1 is 1.33 bits per heavy atom. The van der Waals surface area contributed by atoms with Crippen LogP contribution in [0, 0.1) is 11.8 Å². The van der Waals surface area contributed by atoms with Gasteiger partial charge < -0.3 is 15.0 Å². The van der Waals surface area contributed by atoms with Crippen LogP contribution >= 0.6 is 0 Å². The van der Waals surface area contributed by atoms with Crippen LogP contribution in [0.3, 0.4) is 0 Å². The topological polar surface area (TPSA) is 41.6 Å². The van der Waals surface area contributed by atoms with Crippen LogP contribution < -0.4 is 5.32 Å². The maximum absolute atomic E-state index is 12.1. The largest absolute Gasteiger partial charge is 0.373 e. The van der Waals surface area contributed by atoms with Gasteiger partial charge in [0.15, 0.2) is 0 Å². The molecule has 0 aromatic heterocycles. The second-order valence-corrected chi connectivity index (χ2v) is 6.39. The molecule has 0 aromatic rings. The Hall–Kier alpha value is -0.610. The first-order chi connectivity index (χ1) is 8.67. The lowest BCUT2D eigenvalue weighted by atomic mass is 9.67. The van der Waals surface area contributed by atoms with Crippen molar-refractivity contribution in [1.29, 1.82) is 0 Å². The van der Waals surface area contributed by atoms with E-state index < -0.39 is 0 Å². The second kappa shape index (κ2) is 4.82. The van der Waals surface area contributed by atoms with Crippen molar-refractivity contribution in [3.8, 4) is 0 Å². The summed E-state index contributed by atoms with van der Waals surface area (Å²) in [6.45, 7) is 3.70. The third-order valence-electron chi connectivity index (χ3n) is 4.93. The van der Waals surface area contributed by atoms with Crippen molar-refractivity contribution in [2.75, 3.05) is 33.3 Å². The molecule has 18 heavy (non-hydrogen) atoms. The number of piperidine rings is 1. The summed E-state index contributed by atoms with van der Waals surface area (Å²) in [5, 5.41) is 3.13. The predicted molar refractivity (Wildman–Crippen MR) is 69.3 cm³/mol. The molecule has 4 aliphatic rings. The average molecular weight is 252 g/mol. The maximum atomic E-state index is 12.1. The number of carbonyl (C=O) groups is 1. The van der Waals surface area contributed by atoms with Gasteiger partial charge in [-0.25, -0.2) is 0 Å². The van der Waals surface area contributed by atoms with Gasteiger partial charge in [0.05, 0.1) is 5.60 Å². The molecule has 0 aromatic carbocycles. The van der Waals surface area contributed by atoms with E-state index in [1.54, 1.807) is 0 Å². The van der Waals surface area contributed by atoms with Gasteiger partial charge in [-0.2, -0.15) is 0 Å². The lowest BCUT2D eigenvalue weighted by Gasteiger charge is -2.52. The Kier molecular flexibility index (Phi) is 3.32. The first-order valence-corrected chi connectivity index (χ1v) is 7.27. The van der Waals surface area contributed by atoms with Crippen molar-refractivity contribution in [1.82, 2.24) is 10.2 Å². The normalized spacial score (nSPS) is 37.1. The van der Waals surface area contributed by atoms with Crippen LogP contribution in [0.25, 0.3) is 0 Å². The van der Waals surface area contributed by atoms with E-state index in [4.69, 9.17) is 4.74 Å². The van der Waals surface area contributed by atoms with Crippen molar-refractivity contribution < 1.29 is 9.53 Å². The molecular weight excluding hydrogens is 228 g/mol. The van der Waals surface area contributed by atoms with Gasteiger partial charge in [-0.1, -0.05) is 0 Å². The van der Waals surface area contributed by atoms with Gasteiger partial charge in [-0.05, 0) is 58.2 Å². The van der Waals surface area contributed by atoms with Crippen LogP contribution in [0.4, 0.5) is 0 Å². The Bertz CT molecular complexity index is 312. The third kappa shape index (κ3) is 2.41. The Balaban J connectivity index is 1.44. The van der Waals surface area contributed by atoms with Gasteiger partial charge in [0.1, 0.15) is 0 Å². The summed E-state index contributed by atoms with van der Waals surface area (Å²) in [5.41, 5.74) is 0.00400. The summed E-state index contributed by atoms with van der Waals surface area (Å²) in [4.78, 5) is 14.4. The van der Waals surface area contributed by atoms with E-state index in [9.17, 15) is 4.79 Å². The fourth-order valence-corrected chi connectivity index (χ4v) is 3.62. The Labute approximate surface area is 109 Å². The molecule has 4 heteroatoms. The molecule has 4 rings (SSSR count). The van der Waals surface area contributed by atoms with Crippen molar-refractivity contribution in [2.45, 2.75) is 37.7 Å². The van der Waals surface area contributed by atoms with Crippen LogP contribution in [0.1, 0.15) is 32.1 Å². The van der Waals surface area contributed by atoms with Crippen LogP contribution in [-0.4, -0.2) is 49.7 Å². The highest BCUT2D eigenvalue weighted by atomic mass is 16.5. The molecule has 0 atom stereocenters. The molecular formula is C14H24N2O2. The first kappa shape index (κ1) is 12.4. The standard InChI is InChI=1S/C14H24N2O2/c1-16-5-2-12(3-6-16)13(17)15-10-14-8-11(9-14)4-7-18-14/h11-12H,2-10H2,1H3,(H,15,17). The fourth-order valence-electron chi connectivity index (χ4n) is 3.62. The molecule has 3 saturated heterocycles. The molecule has 102 valence electrons. The van der Waals surface area contributed by atoms with Gasteiger partial charge in [-0.15, -0.1) is 0 Å². The summed E-state index contributed by atoms with van der Waals surface area (Å²) in [6, 6.07) is 0. The monoisotopic (exact) mass is 252 g/mol. The summed E-state index contributed by atoms with van der Waals surface area (Å²) >= 11 is 0. The van der Waals surface area contributed by atoms with E-state index in [2.05, 4.69) is 17.3 Å². The fraction of sp³-hybridized carbons (Fsp3) is 0.929. The quantitative estimate of drug-likeness (QED) is 0.815. The van der Waals surface area contributed by atoms with E-state index in [0.717, 1.165) is 57.8 Å². The third-order valence-corrected chi connectivity index (χ3v) is 4.93. The molecule has 0 unspecified atom stereocenters. The first-order valence-electron chi connectivity index (χ1n) is 7.27. The minimum Gasteiger partial charge on any atom is -0.373 e. The highest BCUT2D eigenvalue weighted by Crippen LogP contribution is 2.46. The highest BCUT2D eigenvalue weighted by molar-refractivity contribution is 5.78. The lowest BCUT2D eigenvalue weighted by molar-refractivity contribution is -0.176. The average Bonchev–Trinajstić information content (AvgIpc) is 2.37. The number of fused-ring (bicyclic) bond motifs is 2. The molecule has 1 amide bonds. The Morgan fingerprint density at radius 2 is 2.06 bits per heavy atom. The van der Waals surface area contributed by atoms with Crippen LogP contribution in [0.15, 0.2) is 0 Å². The van der Waals surface area contributed by atoms with E-state index >= 15 is 0 Å². The summed E-state index contributed by atoms with van der Waals surface area (Å²) in [5.74, 6) is 1.33. The van der Waals surface area contributed by atoms with Crippen molar-refractivity contribution in [2.24, 2.45) is 11.8 Å². The number of nitrogens with one attached hydrogen (secondary N) is 1. The smallest absolute Gasteiger partial charge is 0.223 e. The second-order valence-electron chi connectivity index (χ2n) is 6.39. The number of likely N-dealkylation sites (tertiary alicyclic amines) is 1. The minimum absolute atomic E-state index is 0.00400. The molecule has 4 nitrogen and oxygen atoms in total. The molecule has 4 fully saturated rings. The van der Waals surface area contributed by atoms with Crippen LogP contribution in [0.2, 0.25) is 0 Å². The molecule has 0 spiro atoms. The van der Waals surface area contributed by atoms with E-state index in [-0.39, 0.29) is 17.4 Å². The molecule has 1 aliphatic carbocycles. The van der Waals surface area contributed by atoms with Gasteiger partial charge >= 0.3 is 0 Å². The molecule has 0 radical (unpaired) electrons. The summed E-state index contributed by atoms with van der Waals surface area (Å²) in [7, 11) is 2.12. The van der Waals surface area contributed by atoms with Crippen LogP contribution in [0.5, 0.6) is 0 Å². The zero-order chi connectivity index (χ0) is 12.6. The SMILES string of the molecule is CN1CCC(C(=O)NCC23CC(CCO2)C3)CC1. The zero-order valence-electron chi connectivity index (χ0n) is 11.3. The van der Waals surface area contributed by atoms with E-state index in [1.807, 2.05) is 0 Å². The summed E-state index contributed by atoms with van der Waals surface area (Å²) < 4.78 is 5.86. The van der Waals surface area contributed by atoms with E-state index in [0.29, 0.717) is 0 Å². The Morgan fingerprint density at radius 3 is 2.67 bits per heavy atom.